The number of carbonyl (C=O) groups excluding carboxylic acids is 1. The Hall–Kier alpha value is -2.68. The van der Waals surface area contributed by atoms with Gasteiger partial charge < -0.3 is 19.5 Å². The Morgan fingerprint density at radius 2 is 2.36 bits per heavy atom. The summed E-state index contributed by atoms with van der Waals surface area (Å²) in [5.74, 6) is 1.12. The van der Waals surface area contributed by atoms with Gasteiger partial charge in [0.2, 0.25) is 5.91 Å². The summed E-state index contributed by atoms with van der Waals surface area (Å²) >= 11 is 0. The van der Waals surface area contributed by atoms with Crippen molar-refractivity contribution in [2.75, 3.05) is 20.3 Å². The summed E-state index contributed by atoms with van der Waals surface area (Å²) in [5.41, 5.74) is 0.909. The second-order valence-electron chi connectivity index (χ2n) is 5.72. The van der Waals surface area contributed by atoms with E-state index in [1.165, 1.54) is 11.0 Å². The Kier molecular flexibility index (Phi) is 5.78. The second kappa shape index (κ2) is 8.43. The first kappa shape index (κ1) is 17.2. The fourth-order valence-corrected chi connectivity index (χ4v) is 2.56. The monoisotopic (exact) mass is 347 g/mol. The molecule has 0 saturated carbocycles. The molecule has 2 aromatic rings. The highest BCUT2D eigenvalue weighted by molar-refractivity contribution is 5.75. The van der Waals surface area contributed by atoms with Crippen molar-refractivity contribution in [2.24, 2.45) is 0 Å². The predicted molar refractivity (Wildman–Crippen MR) is 87.1 cm³/mol. The van der Waals surface area contributed by atoms with Crippen LogP contribution in [0.1, 0.15) is 18.4 Å². The molecule has 0 spiro atoms. The number of tetrazole rings is 1. The van der Waals surface area contributed by atoms with Gasteiger partial charge in [-0.3, -0.25) is 4.79 Å². The third-order valence-electron chi connectivity index (χ3n) is 3.86. The van der Waals surface area contributed by atoms with Crippen molar-refractivity contribution in [1.82, 2.24) is 25.5 Å². The molecule has 1 aromatic heterocycles. The molecular formula is C16H21N5O4. The van der Waals surface area contributed by atoms with Crippen molar-refractivity contribution in [2.45, 2.75) is 32.0 Å². The van der Waals surface area contributed by atoms with E-state index in [9.17, 15) is 4.79 Å². The van der Waals surface area contributed by atoms with Crippen LogP contribution >= 0.6 is 0 Å². The molecule has 1 fully saturated rings. The summed E-state index contributed by atoms with van der Waals surface area (Å²) in [5, 5.41) is 13.4. The van der Waals surface area contributed by atoms with Gasteiger partial charge in [-0.1, -0.05) is 6.07 Å². The second-order valence-corrected chi connectivity index (χ2v) is 5.72. The molecule has 9 nitrogen and oxygen atoms in total. The van der Waals surface area contributed by atoms with Gasteiger partial charge in [0.1, 0.15) is 19.5 Å². The quantitative estimate of drug-likeness (QED) is 0.744. The van der Waals surface area contributed by atoms with Gasteiger partial charge in [0, 0.05) is 13.2 Å². The molecular weight excluding hydrogens is 326 g/mol. The molecule has 0 radical (unpaired) electrons. The maximum absolute atomic E-state index is 11.9. The minimum Gasteiger partial charge on any atom is -0.493 e. The van der Waals surface area contributed by atoms with Gasteiger partial charge in [-0.2, -0.15) is 0 Å². The van der Waals surface area contributed by atoms with Crippen LogP contribution in [0.5, 0.6) is 11.5 Å². The minimum atomic E-state index is -0.176. The molecule has 1 aliphatic heterocycles. The summed E-state index contributed by atoms with van der Waals surface area (Å²) in [4.78, 5) is 11.9. The van der Waals surface area contributed by atoms with E-state index in [0.29, 0.717) is 24.7 Å². The standard InChI is InChI=1S/C16H21N5O4/c1-23-15-7-12(8-17-16(22)9-21-11-18-19-20-21)4-5-14(15)25-10-13-3-2-6-24-13/h4-5,7,11,13H,2-3,6,8-10H2,1H3,(H,17,22)/t13-/m0/s1. The van der Waals surface area contributed by atoms with Crippen molar-refractivity contribution in [3.63, 3.8) is 0 Å². The largest absolute Gasteiger partial charge is 0.493 e. The first-order valence-electron chi connectivity index (χ1n) is 8.13. The van der Waals surface area contributed by atoms with Crippen molar-refractivity contribution < 1.29 is 19.0 Å². The summed E-state index contributed by atoms with van der Waals surface area (Å²) in [6, 6.07) is 5.59. The smallest absolute Gasteiger partial charge is 0.242 e. The molecule has 1 N–H and O–H groups in total. The molecule has 0 bridgehead atoms. The number of nitrogens with one attached hydrogen (secondary N) is 1. The Labute approximate surface area is 145 Å². The van der Waals surface area contributed by atoms with Crippen molar-refractivity contribution in [3.05, 3.63) is 30.1 Å². The maximum atomic E-state index is 11.9. The van der Waals surface area contributed by atoms with Crippen LogP contribution in [0.4, 0.5) is 0 Å². The third kappa shape index (κ3) is 4.90. The van der Waals surface area contributed by atoms with E-state index in [2.05, 4.69) is 20.8 Å². The average Bonchev–Trinajstić information content (AvgIpc) is 3.32. The molecule has 1 atom stereocenters. The molecule has 1 aromatic carbocycles. The van der Waals surface area contributed by atoms with Crippen molar-refractivity contribution >= 4 is 5.91 Å². The number of aromatic nitrogens is 4. The van der Waals surface area contributed by atoms with E-state index in [1.54, 1.807) is 7.11 Å². The Morgan fingerprint density at radius 1 is 1.44 bits per heavy atom. The zero-order valence-electron chi connectivity index (χ0n) is 14.1. The highest BCUT2D eigenvalue weighted by Gasteiger charge is 2.17. The fraction of sp³-hybridized carbons (Fsp3) is 0.500. The van der Waals surface area contributed by atoms with Crippen LogP contribution in [0.2, 0.25) is 0 Å². The Morgan fingerprint density at radius 3 is 3.08 bits per heavy atom. The van der Waals surface area contributed by atoms with Gasteiger partial charge in [0.25, 0.3) is 0 Å². The average molecular weight is 347 g/mol. The lowest BCUT2D eigenvalue weighted by Crippen LogP contribution is -2.27. The molecule has 2 heterocycles. The fourth-order valence-electron chi connectivity index (χ4n) is 2.56. The number of benzene rings is 1. The first-order chi connectivity index (χ1) is 12.2. The molecule has 1 saturated heterocycles. The number of nitrogens with zero attached hydrogens (tertiary/aromatic N) is 4. The van der Waals surface area contributed by atoms with Gasteiger partial charge in [-0.05, 0) is 41.0 Å². The molecule has 0 aliphatic carbocycles. The number of carbonyl (C=O) groups is 1. The molecule has 1 amide bonds. The normalized spacial score (nSPS) is 16.6. The lowest BCUT2D eigenvalue weighted by atomic mass is 10.2. The number of methoxy groups -OCH3 is 1. The zero-order valence-corrected chi connectivity index (χ0v) is 14.1. The number of rotatable bonds is 8. The molecule has 9 heteroatoms. The summed E-state index contributed by atoms with van der Waals surface area (Å²) in [6.07, 6.45) is 3.64. The van der Waals surface area contributed by atoms with E-state index >= 15 is 0 Å². The lowest BCUT2D eigenvalue weighted by Gasteiger charge is -2.15. The number of hydrogen-bond donors (Lipinski definition) is 1. The summed E-state index contributed by atoms with van der Waals surface area (Å²) in [6.45, 7) is 1.77. The third-order valence-corrected chi connectivity index (χ3v) is 3.86. The number of amides is 1. The van der Waals surface area contributed by atoms with Crippen LogP contribution in [0.3, 0.4) is 0 Å². The van der Waals surface area contributed by atoms with Crippen LogP contribution < -0.4 is 14.8 Å². The van der Waals surface area contributed by atoms with Gasteiger partial charge in [-0.25, -0.2) is 4.68 Å². The van der Waals surface area contributed by atoms with Gasteiger partial charge in [0.05, 0.1) is 13.2 Å². The van der Waals surface area contributed by atoms with Crippen LogP contribution in [-0.4, -0.2) is 52.5 Å². The minimum absolute atomic E-state index is 0.0761. The number of ether oxygens (including phenoxy) is 3. The molecule has 0 unspecified atom stereocenters. The highest BCUT2D eigenvalue weighted by atomic mass is 16.5. The van der Waals surface area contributed by atoms with Crippen molar-refractivity contribution in [3.8, 4) is 11.5 Å². The van der Waals surface area contributed by atoms with E-state index < -0.39 is 0 Å². The van der Waals surface area contributed by atoms with Crippen LogP contribution in [0.25, 0.3) is 0 Å². The van der Waals surface area contributed by atoms with E-state index in [4.69, 9.17) is 14.2 Å². The SMILES string of the molecule is COc1cc(CNC(=O)Cn2cnnn2)ccc1OC[C@@H]1CCCO1. The van der Waals surface area contributed by atoms with Gasteiger partial charge in [0.15, 0.2) is 11.5 Å². The predicted octanol–water partition coefficient (Wildman–Crippen LogP) is 0.556. The van der Waals surface area contributed by atoms with Gasteiger partial charge in [-0.15, -0.1) is 5.10 Å². The topological polar surface area (TPSA) is 100 Å². The van der Waals surface area contributed by atoms with Crippen molar-refractivity contribution in [1.29, 1.82) is 0 Å². The summed E-state index contributed by atoms with van der Waals surface area (Å²) < 4.78 is 18.1. The maximum Gasteiger partial charge on any atom is 0.242 e. The number of hydrogen-bond acceptors (Lipinski definition) is 7. The highest BCUT2D eigenvalue weighted by Crippen LogP contribution is 2.28. The molecule has 1 aliphatic rings. The molecule has 25 heavy (non-hydrogen) atoms. The zero-order chi connectivity index (χ0) is 17.5. The lowest BCUT2D eigenvalue weighted by molar-refractivity contribution is -0.122. The molecule has 3 rings (SSSR count). The van der Waals surface area contributed by atoms with Crippen LogP contribution in [0.15, 0.2) is 24.5 Å². The summed E-state index contributed by atoms with van der Waals surface area (Å²) in [7, 11) is 1.59. The van der Waals surface area contributed by atoms with E-state index in [-0.39, 0.29) is 18.6 Å². The Balaban J connectivity index is 1.52. The van der Waals surface area contributed by atoms with Crippen LogP contribution in [0, 0.1) is 0 Å². The molecule has 134 valence electrons. The van der Waals surface area contributed by atoms with E-state index in [0.717, 1.165) is 25.0 Å². The van der Waals surface area contributed by atoms with Gasteiger partial charge >= 0.3 is 0 Å². The Bertz CT molecular complexity index is 686. The van der Waals surface area contributed by atoms with E-state index in [1.807, 2.05) is 18.2 Å². The van der Waals surface area contributed by atoms with Crippen LogP contribution in [-0.2, 0) is 22.6 Å². The first-order valence-corrected chi connectivity index (χ1v) is 8.13.